The van der Waals surface area contributed by atoms with Gasteiger partial charge in [-0.3, -0.25) is 9.59 Å². The molecule has 0 bridgehead atoms. The monoisotopic (exact) mass is 1240 g/mol. The van der Waals surface area contributed by atoms with Crippen LogP contribution in [0.2, 0.25) is 0 Å². The average Bonchev–Trinajstić information content (AvgIpc) is 3.64. The predicted octanol–water partition coefficient (Wildman–Crippen LogP) is 22.0. The molecule has 0 fully saturated rings. The Morgan fingerprint density at radius 2 is 0.640 bits per heavy atom. The van der Waals surface area contributed by atoms with Crippen LogP contribution in [0.25, 0.3) is 0 Å². The van der Waals surface area contributed by atoms with Gasteiger partial charge in [0, 0.05) is 12.8 Å². The van der Waals surface area contributed by atoms with E-state index >= 15 is 0 Å². The summed E-state index contributed by atoms with van der Waals surface area (Å²) in [5.74, 6) is -2.27. The Balaban J connectivity index is 4.03. The lowest BCUT2D eigenvalue weighted by Crippen LogP contribution is -2.44. The van der Waals surface area contributed by atoms with E-state index in [4.69, 9.17) is 18.9 Å². The molecule has 2 atom stereocenters. The molecule has 89 heavy (non-hydrogen) atoms. The van der Waals surface area contributed by atoms with Crippen LogP contribution in [0.15, 0.2) is 109 Å². The van der Waals surface area contributed by atoms with Gasteiger partial charge in [-0.25, -0.2) is 0 Å². The Morgan fingerprint density at radius 1 is 0.348 bits per heavy atom. The van der Waals surface area contributed by atoms with Crippen LogP contribution in [0.5, 0.6) is 0 Å². The largest absolute Gasteiger partial charge is 0.545 e. The zero-order valence-electron chi connectivity index (χ0n) is 58.5. The maximum Gasteiger partial charge on any atom is 0.306 e. The molecular formula is C80H139NO8. The highest BCUT2D eigenvalue weighted by Crippen LogP contribution is 2.18. The second-order valence-electron chi connectivity index (χ2n) is 25.9. The van der Waals surface area contributed by atoms with Crippen molar-refractivity contribution >= 4 is 17.9 Å². The summed E-state index contributed by atoms with van der Waals surface area (Å²) in [6, 6.07) is 0. The Hall–Kier alpha value is -4.05. The minimum absolute atomic E-state index is 0.146. The number of ether oxygens (including phenoxy) is 4. The Labute approximate surface area is 549 Å². The maximum atomic E-state index is 12.9. The molecular weight excluding hydrogens is 1100 g/mol. The lowest BCUT2D eigenvalue weighted by Gasteiger charge is -2.26. The number of carboxylic acid groups (broad SMARTS) is 1. The summed E-state index contributed by atoms with van der Waals surface area (Å²) in [5.41, 5.74) is 0. The fourth-order valence-electron chi connectivity index (χ4n) is 10.4. The number of carbonyl (C=O) groups excluding carboxylic acids is 3. The van der Waals surface area contributed by atoms with E-state index in [-0.39, 0.29) is 38.6 Å². The molecule has 0 N–H and O–H groups in total. The number of unbranched alkanes of at least 4 members (excludes halogenated alkanes) is 35. The SMILES string of the molecule is CC/C=C\C/C=C\C/C=C\C/C=C\C/C=C\C/C=C\C/C=C\CCCCCCCCCCCCCCCCCCCCCC(=O)OC(COC(=O)CCCCCCCCCCCCC/C=C\C/C=C\CCCCCCC)COC(OCC[N+](C)(C)C)C(=O)[O-]. The molecule has 0 rings (SSSR count). The highest BCUT2D eigenvalue weighted by atomic mass is 16.7. The standard InChI is InChI=1S/C80H139NO8/c1-6-8-10-12-14-16-18-20-22-24-26-28-30-31-32-33-34-35-36-37-38-39-40-41-42-43-44-45-46-47-49-51-53-55-57-59-61-63-65-67-69-71-78(83)89-76(75-88-80(79(84)85)86-73-72-81(3,4)5)74-87-77(82)70-68-66-64-62-60-58-56-54-52-50-48-29-27-25-23-21-19-17-15-13-11-9-7-2/h8,10,14,16,19-22,25-28,31-32,34-35,37-38,76,80H,6-7,9,11-13,15,17-18,23-24,29-30,33,36,39-75H2,1-5H3/b10-8-,16-14-,21-19-,22-20-,27-25-,28-26-,32-31-,35-34-,38-37-. The van der Waals surface area contributed by atoms with E-state index in [1.54, 1.807) is 0 Å². The van der Waals surface area contributed by atoms with E-state index in [1.807, 2.05) is 21.1 Å². The number of rotatable bonds is 68. The molecule has 0 aromatic carbocycles. The molecule has 512 valence electrons. The summed E-state index contributed by atoms with van der Waals surface area (Å²) in [7, 11) is 5.94. The third kappa shape index (κ3) is 71.3. The lowest BCUT2D eigenvalue weighted by molar-refractivity contribution is -0.870. The van der Waals surface area contributed by atoms with Gasteiger partial charge in [-0.2, -0.15) is 0 Å². The summed E-state index contributed by atoms with van der Waals surface area (Å²) in [6.07, 6.45) is 94.7. The Kier molecular flexibility index (Phi) is 66.7. The topological polar surface area (TPSA) is 111 Å². The molecule has 0 heterocycles. The summed E-state index contributed by atoms with van der Waals surface area (Å²) < 4.78 is 22.8. The molecule has 9 heteroatoms. The molecule has 0 aliphatic rings. The minimum atomic E-state index is -1.63. The van der Waals surface area contributed by atoms with Crippen LogP contribution in [0.4, 0.5) is 0 Å². The number of carbonyl (C=O) groups is 3. The predicted molar refractivity (Wildman–Crippen MR) is 380 cm³/mol. The van der Waals surface area contributed by atoms with Gasteiger partial charge in [0.05, 0.1) is 40.3 Å². The van der Waals surface area contributed by atoms with E-state index < -0.39 is 24.3 Å². The van der Waals surface area contributed by atoms with Gasteiger partial charge >= 0.3 is 11.9 Å². The Bertz CT molecular complexity index is 1830. The van der Waals surface area contributed by atoms with Crippen LogP contribution >= 0.6 is 0 Å². The zero-order chi connectivity index (χ0) is 64.7. The highest BCUT2D eigenvalue weighted by molar-refractivity contribution is 5.70. The number of allylic oxidation sites excluding steroid dienone is 18. The quantitative estimate of drug-likeness (QED) is 0.0195. The van der Waals surface area contributed by atoms with Crippen LogP contribution in [-0.4, -0.2) is 82.3 Å². The number of nitrogens with zero attached hydrogens (tertiary/aromatic N) is 1. The van der Waals surface area contributed by atoms with Crippen molar-refractivity contribution in [2.75, 3.05) is 47.5 Å². The van der Waals surface area contributed by atoms with Gasteiger partial charge in [0.2, 0.25) is 0 Å². The Morgan fingerprint density at radius 3 is 0.955 bits per heavy atom. The number of carboxylic acids is 1. The van der Waals surface area contributed by atoms with Gasteiger partial charge in [0.1, 0.15) is 13.2 Å². The normalized spacial score (nSPS) is 13.3. The van der Waals surface area contributed by atoms with Gasteiger partial charge in [-0.1, -0.05) is 316 Å². The van der Waals surface area contributed by atoms with E-state index in [9.17, 15) is 19.5 Å². The minimum Gasteiger partial charge on any atom is -0.545 e. The van der Waals surface area contributed by atoms with Gasteiger partial charge < -0.3 is 33.3 Å². The number of esters is 2. The molecule has 0 aliphatic heterocycles. The van der Waals surface area contributed by atoms with E-state index in [2.05, 4.69) is 123 Å². The van der Waals surface area contributed by atoms with E-state index in [0.717, 1.165) is 83.5 Å². The van der Waals surface area contributed by atoms with Crippen LogP contribution < -0.4 is 5.11 Å². The molecule has 0 amide bonds. The van der Waals surface area contributed by atoms with Gasteiger partial charge in [-0.05, 0) is 103 Å². The fourth-order valence-corrected chi connectivity index (χ4v) is 10.4. The summed E-state index contributed by atoms with van der Waals surface area (Å²) in [4.78, 5) is 37.5. The molecule has 0 saturated carbocycles. The molecule has 9 nitrogen and oxygen atoms in total. The number of aliphatic carboxylic acids is 1. The second kappa shape index (κ2) is 69.8. The first-order valence-corrected chi connectivity index (χ1v) is 37.0. The summed E-state index contributed by atoms with van der Waals surface area (Å²) >= 11 is 0. The van der Waals surface area contributed by atoms with Crippen molar-refractivity contribution in [3.05, 3.63) is 109 Å². The number of quaternary nitrogens is 1. The van der Waals surface area contributed by atoms with Gasteiger partial charge in [0.15, 0.2) is 12.4 Å². The van der Waals surface area contributed by atoms with Gasteiger partial charge in [-0.15, -0.1) is 0 Å². The molecule has 2 unspecified atom stereocenters. The molecule has 0 spiro atoms. The smallest absolute Gasteiger partial charge is 0.306 e. The van der Waals surface area contributed by atoms with Crippen molar-refractivity contribution in [1.82, 2.24) is 0 Å². The van der Waals surface area contributed by atoms with Crippen LogP contribution in [0.1, 0.15) is 322 Å². The summed E-state index contributed by atoms with van der Waals surface area (Å²) in [6.45, 7) is 4.65. The maximum absolute atomic E-state index is 12.9. The molecule has 0 saturated heterocycles. The second-order valence-corrected chi connectivity index (χ2v) is 25.9. The first kappa shape index (κ1) is 85.0. The highest BCUT2D eigenvalue weighted by Gasteiger charge is 2.22. The van der Waals surface area contributed by atoms with Crippen LogP contribution in [0, 0.1) is 0 Å². The number of hydrogen-bond acceptors (Lipinski definition) is 8. The molecule has 0 radical (unpaired) electrons. The van der Waals surface area contributed by atoms with Crippen molar-refractivity contribution < 1.29 is 42.9 Å². The fraction of sp³-hybridized carbons (Fsp3) is 0.738. The first-order valence-electron chi connectivity index (χ1n) is 37.0. The lowest BCUT2D eigenvalue weighted by atomic mass is 10.0. The van der Waals surface area contributed by atoms with E-state index in [0.29, 0.717) is 17.4 Å². The third-order valence-corrected chi connectivity index (χ3v) is 16.0. The molecule has 0 aromatic heterocycles. The van der Waals surface area contributed by atoms with Crippen molar-refractivity contribution in [3.8, 4) is 0 Å². The van der Waals surface area contributed by atoms with Crippen molar-refractivity contribution in [3.63, 3.8) is 0 Å². The summed E-state index contributed by atoms with van der Waals surface area (Å²) in [5, 5.41) is 11.8. The first-order chi connectivity index (χ1) is 43.6. The van der Waals surface area contributed by atoms with Gasteiger partial charge in [0.25, 0.3) is 0 Å². The van der Waals surface area contributed by atoms with Crippen molar-refractivity contribution in [2.45, 2.75) is 334 Å². The molecule has 0 aromatic rings. The number of hydrogen-bond donors (Lipinski definition) is 0. The van der Waals surface area contributed by atoms with Crippen molar-refractivity contribution in [1.29, 1.82) is 0 Å². The number of likely N-dealkylation sites (N-methyl/N-ethyl adjacent to an activating group) is 1. The zero-order valence-corrected chi connectivity index (χ0v) is 58.5. The third-order valence-electron chi connectivity index (χ3n) is 16.0. The average molecular weight is 1240 g/mol. The van der Waals surface area contributed by atoms with E-state index in [1.165, 1.54) is 205 Å². The van der Waals surface area contributed by atoms with Crippen molar-refractivity contribution in [2.24, 2.45) is 0 Å². The van der Waals surface area contributed by atoms with Crippen LogP contribution in [0.3, 0.4) is 0 Å². The molecule has 0 aliphatic carbocycles. The van der Waals surface area contributed by atoms with Crippen LogP contribution in [-0.2, 0) is 33.3 Å².